The van der Waals surface area contributed by atoms with Gasteiger partial charge in [0.1, 0.15) is 11.6 Å². The minimum absolute atomic E-state index is 0.0469. The van der Waals surface area contributed by atoms with Crippen molar-refractivity contribution in [3.8, 4) is 29.4 Å². The van der Waals surface area contributed by atoms with Gasteiger partial charge in [0.25, 0.3) is 0 Å². The van der Waals surface area contributed by atoms with Crippen LogP contribution in [0.1, 0.15) is 41.3 Å². The fourth-order valence-electron chi connectivity index (χ4n) is 4.03. The molecule has 32 heavy (non-hydrogen) atoms. The number of aromatic nitrogens is 1. The molecule has 0 radical (unpaired) electrons. The standard InChI is InChI=1S/C26H26ClFN2OS/c1-5-12-30(23(14-18-6-7-18)19-8-10-20(28)11-9-19)26-29-25(17(3)32-26)21-13-16(2)24(31-4)15-22(21)27/h1,8-11,13,15,18,23H,6-7,12,14H2,2-4H3. The van der Waals surface area contributed by atoms with Gasteiger partial charge >= 0.3 is 0 Å². The number of hydrogen-bond donors (Lipinski definition) is 0. The normalized spacial score (nSPS) is 14.1. The summed E-state index contributed by atoms with van der Waals surface area (Å²) < 4.78 is 19.0. The second-order valence-corrected chi connectivity index (χ2v) is 9.87. The molecule has 1 aliphatic rings. The molecule has 0 saturated heterocycles. The molecule has 1 heterocycles. The third kappa shape index (κ3) is 4.77. The number of thiazole rings is 1. The van der Waals surface area contributed by atoms with E-state index in [0.29, 0.717) is 17.5 Å². The van der Waals surface area contributed by atoms with Crippen LogP contribution < -0.4 is 9.64 Å². The van der Waals surface area contributed by atoms with Crippen LogP contribution in [0.5, 0.6) is 5.75 Å². The molecule has 4 rings (SSSR count). The lowest BCUT2D eigenvalue weighted by Crippen LogP contribution is -2.29. The molecule has 0 bridgehead atoms. The maximum absolute atomic E-state index is 13.6. The molecule has 0 N–H and O–H groups in total. The Morgan fingerprint density at radius 2 is 2.00 bits per heavy atom. The molecular weight excluding hydrogens is 443 g/mol. The van der Waals surface area contributed by atoms with Gasteiger partial charge in [-0.25, -0.2) is 9.37 Å². The van der Waals surface area contributed by atoms with Crippen LogP contribution in [0, 0.1) is 37.9 Å². The van der Waals surface area contributed by atoms with Crippen molar-refractivity contribution in [1.29, 1.82) is 0 Å². The van der Waals surface area contributed by atoms with Gasteiger partial charge in [0.15, 0.2) is 5.13 Å². The lowest BCUT2D eigenvalue weighted by atomic mass is 9.99. The van der Waals surface area contributed by atoms with Gasteiger partial charge in [0.2, 0.25) is 0 Å². The Labute approximate surface area is 198 Å². The highest BCUT2D eigenvalue weighted by Gasteiger charge is 2.31. The van der Waals surface area contributed by atoms with E-state index in [1.807, 2.05) is 38.1 Å². The summed E-state index contributed by atoms with van der Waals surface area (Å²) in [5, 5.41) is 1.46. The summed E-state index contributed by atoms with van der Waals surface area (Å²) in [7, 11) is 1.64. The molecule has 0 amide bonds. The number of terminal acetylenes is 1. The average molecular weight is 469 g/mol. The number of nitrogens with zero attached hydrogens (tertiary/aromatic N) is 2. The van der Waals surface area contributed by atoms with Gasteiger partial charge in [-0.15, -0.1) is 17.8 Å². The van der Waals surface area contributed by atoms with E-state index in [4.69, 9.17) is 27.7 Å². The van der Waals surface area contributed by atoms with Crippen molar-refractivity contribution in [2.45, 2.75) is 39.2 Å². The van der Waals surface area contributed by atoms with Gasteiger partial charge in [-0.3, -0.25) is 0 Å². The van der Waals surface area contributed by atoms with Crippen LogP contribution in [0.25, 0.3) is 11.3 Å². The summed E-state index contributed by atoms with van der Waals surface area (Å²) in [6.07, 6.45) is 9.20. The Morgan fingerprint density at radius 3 is 2.62 bits per heavy atom. The SMILES string of the molecule is C#CCN(c1nc(-c2cc(C)c(OC)cc2Cl)c(C)s1)C(CC1CC1)c1ccc(F)cc1. The zero-order chi connectivity index (χ0) is 22.8. The quantitative estimate of drug-likeness (QED) is 0.326. The molecule has 3 nitrogen and oxygen atoms in total. The van der Waals surface area contributed by atoms with Crippen molar-refractivity contribution in [3.05, 3.63) is 63.2 Å². The number of benzene rings is 2. The van der Waals surface area contributed by atoms with E-state index >= 15 is 0 Å². The molecule has 3 aromatic rings. The molecule has 0 spiro atoms. The van der Waals surface area contributed by atoms with Crippen molar-refractivity contribution >= 4 is 28.1 Å². The molecule has 1 fully saturated rings. The fraction of sp³-hybridized carbons (Fsp3) is 0.346. The Bertz CT molecular complexity index is 1150. The Morgan fingerprint density at radius 1 is 1.28 bits per heavy atom. The second-order valence-electron chi connectivity index (χ2n) is 8.28. The van der Waals surface area contributed by atoms with Crippen LogP contribution in [0.2, 0.25) is 5.02 Å². The van der Waals surface area contributed by atoms with E-state index < -0.39 is 0 Å². The first-order valence-electron chi connectivity index (χ1n) is 10.7. The van der Waals surface area contributed by atoms with Crippen LogP contribution in [-0.4, -0.2) is 18.6 Å². The summed E-state index contributed by atoms with van der Waals surface area (Å²) >= 11 is 8.20. The van der Waals surface area contributed by atoms with E-state index in [1.165, 1.54) is 25.0 Å². The van der Waals surface area contributed by atoms with Gasteiger partial charge in [-0.05, 0) is 61.6 Å². The maximum Gasteiger partial charge on any atom is 0.187 e. The van der Waals surface area contributed by atoms with Gasteiger partial charge < -0.3 is 9.64 Å². The monoisotopic (exact) mass is 468 g/mol. The first kappa shape index (κ1) is 22.6. The fourth-order valence-corrected chi connectivity index (χ4v) is 5.24. The zero-order valence-electron chi connectivity index (χ0n) is 18.5. The van der Waals surface area contributed by atoms with Crippen molar-refractivity contribution in [3.63, 3.8) is 0 Å². The van der Waals surface area contributed by atoms with Gasteiger partial charge in [-0.1, -0.05) is 42.5 Å². The third-order valence-corrected chi connectivity index (χ3v) is 7.24. The number of aryl methyl sites for hydroxylation is 2. The summed E-state index contributed by atoms with van der Waals surface area (Å²) in [6, 6.07) is 10.6. The summed E-state index contributed by atoms with van der Waals surface area (Å²) in [5.74, 6) is 3.99. The molecule has 0 aliphatic heterocycles. The largest absolute Gasteiger partial charge is 0.496 e. The highest BCUT2D eigenvalue weighted by atomic mass is 35.5. The third-order valence-electron chi connectivity index (χ3n) is 5.92. The van der Waals surface area contributed by atoms with Crippen molar-refractivity contribution in [2.75, 3.05) is 18.6 Å². The first-order chi connectivity index (χ1) is 15.4. The van der Waals surface area contributed by atoms with Gasteiger partial charge in [0, 0.05) is 10.4 Å². The second kappa shape index (κ2) is 9.52. The lowest BCUT2D eigenvalue weighted by molar-refractivity contribution is 0.412. The number of hydrogen-bond acceptors (Lipinski definition) is 4. The lowest BCUT2D eigenvalue weighted by Gasteiger charge is -2.30. The topological polar surface area (TPSA) is 25.4 Å². The van der Waals surface area contributed by atoms with Gasteiger partial charge in [0.05, 0.1) is 30.4 Å². The molecule has 1 aliphatic carbocycles. The van der Waals surface area contributed by atoms with Crippen molar-refractivity contribution in [1.82, 2.24) is 4.98 Å². The molecule has 1 saturated carbocycles. The number of methoxy groups -OCH3 is 1. The Balaban J connectivity index is 1.75. The zero-order valence-corrected chi connectivity index (χ0v) is 20.1. The molecule has 6 heteroatoms. The number of rotatable bonds is 8. The minimum Gasteiger partial charge on any atom is -0.496 e. The van der Waals surface area contributed by atoms with E-state index in [9.17, 15) is 4.39 Å². The summed E-state index contributed by atoms with van der Waals surface area (Å²) in [4.78, 5) is 8.24. The molecule has 1 unspecified atom stereocenters. The van der Waals surface area contributed by atoms with E-state index in [1.54, 1.807) is 18.4 Å². The van der Waals surface area contributed by atoms with Crippen LogP contribution >= 0.6 is 22.9 Å². The summed E-state index contributed by atoms with van der Waals surface area (Å²) in [5.41, 5.74) is 3.79. The molecule has 2 aromatic carbocycles. The minimum atomic E-state index is -0.237. The van der Waals surface area contributed by atoms with Gasteiger partial charge in [-0.2, -0.15) is 0 Å². The highest BCUT2D eigenvalue weighted by molar-refractivity contribution is 7.16. The molecule has 1 aromatic heterocycles. The van der Waals surface area contributed by atoms with E-state index in [0.717, 1.165) is 44.6 Å². The number of anilines is 1. The highest BCUT2D eigenvalue weighted by Crippen LogP contribution is 2.44. The van der Waals surface area contributed by atoms with Crippen LogP contribution in [0.15, 0.2) is 36.4 Å². The smallest absolute Gasteiger partial charge is 0.187 e. The predicted molar refractivity (Wildman–Crippen MR) is 131 cm³/mol. The molecule has 166 valence electrons. The van der Waals surface area contributed by atoms with Crippen LogP contribution in [-0.2, 0) is 0 Å². The number of ether oxygens (including phenoxy) is 1. The molecule has 1 atom stereocenters. The van der Waals surface area contributed by atoms with E-state index in [2.05, 4.69) is 10.8 Å². The summed E-state index contributed by atoms with van der Waals surface area (Å²) in [6.45, 7) is 4.47. The van der Waals surface area contributed by atoms with Crippen molar-refractivity contribution < 1.29 is 9.13 Å². The predicted octanol–water partition coefficient (Wildman–Crippen LogP) is 7.21. The molecular formula is C26H26ClFN2OS. The Hall–Kier alpha value is -2.55. The number of halogens is 2. The van der Waals surface area contributed by atoms with E-state index in [-0.39, 0.29) is 11.9 Å². The maximum atomic E-state index is 13.6. The van der Waals surface area contributed by atoms with Crippen LogP contribution in [0.3, 0.4) is 0 Å². The average Bonchev–Trinajstić information content (AvgIpc) is 3.52. The van der Waals surface area contributed by atoms with Crippen molar-refractivity contribution in [2.24, 2.45) is 5.92 Å². The first-order valence-corrected chi connectivity index (χ1v) is 11.9. The van der Waals surface area contributed by atoms with Crippen LogP contribution in [0.4, 0.5) is 9.52 Å². The Kier molecular flexibility index (Phi) is 6.74.